The van der Waals surface area contributed by atoms with Crippen LogP contribution in [-0.2, 0) is 50.1 Å². The van der Waals surface area contributed by atoms with Crippen molar-refractivity contribution in [2.45, 2.75) is 90.6 Å². The van der Waals surface area contributed by atoms with E-state index in [0.29, 0.717) is 71.8 Å². The van der Waals surface area contributed by atoms with Gasteiger partial charge in [-0.15, -0.1) is 0 Å². The van der Waals surface area contributed by atoms with Crippen molar-refractivity contribution in [2.24, 2.45) is 5.92 Å². The van der Waals surface area contributed by atoms with Gasteiger partial charge in [-0.3, -0.25) is 9.80 Å². The standard InChI is InChI=1S/C52H70N6O9/c1-51(2,58(33-29-55-49(61)65-39-43-21-13-7-14-22-43)36-45-35-46(45)56-50(62)66-40-44-23-15-8-16-24-44)26-34-67-52(3,4)25-30-57(31-27-53-47(59)63-37-41-17-9-5-10-18-41)32-28-54-48(60)64-38-42-19-11-6-12-20-42/h5-24,45-46H,25-40H2,1-4H3,(H,53,59)(H,54,60)(H,55,61)(H,56,62). The summed E-state index contributed by atoms with van der Waals surface area (Å²) in [4.78, 5) is 54.9. The maximum Gasteiger partial charge on any atom is 0.407 e. The highest BCUT2D eigenvalue weighted by molar-refractivity contribution is 5.68. The maximum atomic E-state index is 12.7. The lowest BCUT2D eigenvalue weighted by Crippen LogP contribution is -2.50. The summed E-state index contributed by atoms with van der Waals surface area (Å²) in [6, 6.07) is 38.1. The Bertz CT molecular complexity index is 2000. The SMILES string of the molecule is CC(C)(CCN(CCNC(=O)OCc1ccccc1)CCNC(=O)OCc1ccccc1)OCCC(C)(C)N(CCNC(=O)OCc1ccccc1)CC1CC1NC(=O)OCc1ccccc1. The van der Waals surface area contributed by atoms with Crippen LogP contribution in [0, 0.1) is 5.92 Å². The van der Waals surface area contributed by atoms with Crippen LogP contribution in [0.2, 0.25) is 0 Å². The molecule has 1 aliphatic rings. The monoisotopic (exact) mass is 923 g/mol. The molecule has 0 radical (unpaired) electrons. The average Bonchev–Trinajstić information content (AvgIpc) is 4.07. The van der Waals surface area contributed by atoms with Crippen LogP contribution in [0.1, 0.15) is 69.2 Å². The number of rotatable bonds is 28. The van der Waals surface area contributed by atoms with Gasteiger partial charge in [-0.1, -0.05) is 121 Å². The van der Waals surface area contributed by atoms with Crippen LogP contribution in [0.5, 0.6) is 0 Å². The second kappa shape index (κ2) is 27.5. The molecule has 0 heterocycles. The van der Waals surface area contributed by atoms with Gasteiger partial charge in [0, 0.05) is 70.5 Å². The fourth-order valence-electron chi connectivity index (χ4n) is 7.28. The summed E-state index contributed by atoms with van der Waals surface area (Å²) in [5.41, 5.74) is 2.80. The zero-order valence-electron chi connectivity index (χ0n) is 39.6. The minimum absolute atomic E-state index is 0.00577. The first-order chi connectivity index (χ1) is 32.3. The Morgan fingerprint density at radius 2 is 0.910 bits per heavy atom. The summed E-state index contributed by atoms with van der Waals surface area (Å²) in [5.74, 6) is 0.220. The Balaban J connectivity index is 1.10. The molecule has 2 atom stereocenters. The summed E-state index contributed by atoms with van der Waals surface area (Å²) in [6.07, 6.45) is 0.292. The number of hydrogen-bond acceptors (Lipinski definition) is 11. The van der Waals surface area contributed by atoms with Crippen molar-refractivity contribution >= 4 is 24.4 Å². The number of carbonyl (C=O) groups excluding carboxylic acids is 4. The molecule has 4 amide bonds. The molecular formula is C52H70N6O9. The van der Waals surface area contributed by atoms with Crippen LogP contribution in [0.4, 0.5) is 19.2 Å². The number of hydrogen-bond donors (Lipinski definition) is 4. The van der Waals surface area contributed by atoms with Gasteiger partial charge in [-0.25, -0.2) is 19.2 Å². The van der Waals surface area contributed by atoms with E-state index in [2.05, 4.69) is 58.8 Å². The molecule has 15 heteroatoms. The van der Waals surface area contributed by atoms with Crippen molar-refractivity contribution in [3.63, 3.8) is 0 Å². The second-order valence-electron chi connectivity index (χ2n) is 18.0. The topological polar surface area (TPSA) is 169 Å². The van der Waals surface area contributed by atoms with E-state index < -0.39 is 30.0 Å². The van der Waals surface area contributed by atoms with Crippen molar-refractivity contribution in [1.29, 1.82) is 0 Å². The first kappa shape index (κ1) is 51.8. The van der Waals surface area contributed by atoms with E-state index >= 15 is 0 Å². The number of nitrogens with zero attached hydrogens (tertiary/aromatic N) is 2. The summed E-state index contributed by atoms with van der Waals surface area (Å²) < 4.78 is 28.3. The molecule has 5 rings (SSSR count). The first-order valence-electron chi connectivity index (χ1n) is 23.3. The highest BCUT2D eigenvalue weighted by Crippen LogP contribution is 2.34. The molecule has 15 nitrogen and oxygen atoms in total. The van der Waals surface area contributed by atoms with Crippen molar-refractivity contribution < 1.29 is 42.9 Å². The second-order valence-corrected chi connectivity index (χ2v) is 18.0. The van der Waals surface area contributed by atoms with Crippen LogP contribution >= 0.6 is 0 Å². The summed E-state index contributed by atoms with van der Waals surface area (Å²) in [5, 5.41) is 11.6. The first-order valence-corrected chi connectivity index (χ1v) is 23.3. The molecule has 4 aromatic rings. The highest BCUT2D eigenvalue weighted by atomic mass is 16.6. The van der Waals surface area contributed by atoms with Crippen LogP contribution in [0.15, 0.2) is 121 Å². The third-order valence-electron chi connectivity index (χ3n) is 11.7. The molecule has 1 aliphatic carbocycles. The van der Waals surface area contributed by atoms with Crippen LogP contribution < -0.4 is 21.3 Å². The molecular weight excluding hydrogens is 853 g/mol. The zero-order chi connectivity index (χ0) is 47.7. The predicted molar refractivity (Wildman–Crippen MR) is 257 cm³/mol. The van der Waals surface area contributed by atoms with Gasteiger partial charge in [0.15, 0.2) is 0 Å². The maximum absolute atomic E-state index is 12.7. The van der Waals surface area contributed by atoms with Gasteiger partial charge < -0.3 is 45.0 Å². The molecule has 0 bridgehead atoms. The highest BCUT2D eigenvalue weighted by Gasteiger charge is 2.42. The Hall–Kier alpha value is -6.16. The fraction of sp³-hybridized carbons (Fsp3) is 0.462. The van der Waals surface area contributed by atoms with Gasteiger partial charge in [0.25, 0.3) is 0 Å². The predicted octanol–water partition coefficient (Wildman–Crippen LogP) is 8.04. The zero-order valence-corrected chi connectivity index (χ0v) is 39.6. The van der Waals surface area contributed by atoms with E-state index in [1.165, 1.54) is 0 Å². The molecule has 1 saturated carbocycles. The van der Waals surface area contributed by atoms with Gasteiger partial charge in [0.05, 0.1) is 5.60 Å². The summed E-state index contributed by atoms with van der Waals surface area (Å²) >= 11 is 0. The number of carbonyl (C=O) groups is 4. The molecule has 0 aliphatic heterocycles. The smallest absolute Gasteiger partial charge is 0.407 e. The van der Waals surface area contributed by atoms with Gasteiger partial charge in [-0.05, 0) is 75.1 Å². The van der Waals surface area contributed by atoms with Crippen LogP contribution in [0.3, 0.4) is 0 Å². The van der Waals surface area contributed by atoms with Gasteiger partial charge >= 0.3 is 24.4 Å². The quantitative estimate of drug-likeness (QED) is 0.0407. The van der Waals surface area contributed by atoms with Crippen molar-refractivity contribution in [3.8, 4) is 0 Å². The normalized spacial score (nSPS) is 14.5. The molecule has 2 unspecified atom stereocenters. The molecule has 362 valence electrons. The fourth-order valence-corrected chi connectivity index (χ4v) is 7.28. The van der Waals surface area contributed by atoms with Crippen LogP contribution in [-0.4, -0.2) is 110 Å². The third kappa shape index (κ3) is 20.9. The molecule has 0 spiro atoms. The number of ether oxygens (including phenoxy) is 5. The lowest BCUT2D eigenvalue weighted by atomic mass is 9.97. The molecule has 67 heavy (non-hydrogen) atoms. The van der Waals surface area contributed by atoms with E-state index in [0.717, 1.165) is 28.7 Å². The number of alkyl carbamates (subject to hydrolysis) is 4. The van der Waals surface area contributed by atoms with E-state index in [9.17, 15) is 19.2 Å². The lowest BCUT2D eigenvalue weighted by Gasteiger charge is -2.40. The summed E-state index contributed by atoms with van der Waals surface area (Å²) in [6.45, 7) is 13.7. The van der Waals surface area contributed by atoms with Gasteiger partial charge in [-0.2, -0.15) is 0 Å². The Labute approximate surface area is 396 Å². The minimum atomic E-state index is -0.501. The molecule has 0 aromatic heterocycles. The van der Waals surface area contributed by atoms with E-state index in [4.69, 9.17) is 23.7 Å². The van der Waals surface area contributed by atoms with E-state index in [1.54, 1.807) is 0 Å². The van der Waals surface area contributed by atoms with Crippen LogP contribution in [0.25, 0.3) is 0 Å². The van der Waals surface area contributed by atoms with Crippen molar-refractivity contribution in [3.05, 3.63) is 144 Å². The minimum Gasteiger partial charge on any atom is -0.445 e. The van der Waals surface area contributed by atoms with E-state index in [-0.39, 0.29) is 43.9 Å². The van der Waals surface area contributed by atoms with Gasteiger partial charge in [0.1, 0.15) is 26.4 Å². The van der Waals surface area contributed by atoms with Crippen molar-refractivity contribution in [1.82, 2.24) is 31.1 Å². The molecule has 4 aromatic carbocycles. The Kier molecular flexibility index (Phi) is 21.2. The average molecular weight is 923 g/mol. The van der Waals surface area contributed by atoms with Gasteiger partial charge in [0.2, 0.25) is 0 Å². The number of amides is 4. The number of benzene rings is 4. The molecule has 4 N–H and O–H groups in total. The third-order valence-corrected chi connectivity index (χ3v) is 11.7. The summed E-state index contributed by atoms with van der Waals surface area (Å²) in [7, 11) is 0. The lowest BCUT2D eigenvalue weighted by molar-refractivity contribution is -0.0456. The molecule has 0 saturated heterocycles. The number of nitrogens with one attached hydrogen (secondary N) is 4. The Morgan fingerprint density at radius 3 is 1.33 bits per heavy atom. The van der Waals surface area contributed by atoms with E-state index in [1.807, 2.05) is 121 Å². The largest absolute Gasteiger partial charge is 0.445 e. The molecule has 1 fully saturated rings. The Morgan fingerprint density at radius 1 is 0.522 bits per heavy atom. The van der Waals surface area contributed by atoms with Crippen molar-refractivity contribution in [2.75, 3.05) is 59.0 Å².